The maximum Gasteiger partial charge on any atom is 0.224 e. The van der Waals surface area contributed by atoms with Crippen molar-refractivity contribution in [3.05, 3.63) is 40.9 Å². The van der Waals surface area contributed by atoms with Crippen LogP contribution in [-0.4, -0.2) is 17.0 Å². The van der Waals surface area contributed by atoms with E-state index in [1.54, 1.807) is 19.2 Å². The minimum Gasteiger partial charge on any atom is -0.438 e. The molecule has 0 amide bonds. The van der Waals surface area contributed by atoms with Gasteiger partial charge >= 0.3 is 0 Å². The number of anilines is 1. The minimum absolute atomic E-state index is 0.343. The second-order valence-electron chi connectivity index (χ2n) is 3.17. The molecule has 0 saturated carbocycles. The summed E-state index contributed by atoms with van der Waals surface area (Å²) in [6.45, 7) is 0. The number of halogens is 2. The van der Waals surface area contributed by atoms with E-state index in [0.717, 1.165) is 0 Å². The van der Waals surface area contributed by atoms with Crippen molar-refractivity contribution in [2.24, 2.45) is 0 Å². The van der Waals surface area contributed by atoms with E-state index in [4.69, 9.17) is 4.74 Å². The molecule has 6 heteroatoms. The molecule has 88 valence electrons. The SMILES string of the molecule is CNc1cc(Oc2cc(F)ccc2Br)ncn1. The highest BCUT2D eigenvalue weighted by molar-refractivity contribution is 9.10. The highest BCUT2D eigenvalue weighted by Gasteiger charge is 2.06. The summed E-state index contributed by atoms with van der Waals surface area (Å²) in [5, 5.41) is 2.86. The highest BCUT2D eigenvalue weighted by atomic mass is 79.9. The predicted octanol–water partition coefficient (Wildman–Crippen LogP) is 3.21. The van der Waals surface area contributed by atoms with Gasteiger partial charge in [0.05, 0.1) is 4.47 Å². The van der Waals surface area contributed by atoms with Crippen molar-refractivity contribution in [1.29, 1.82) is 0 Å². The lowest BCUT2D eigenvalue weighted by atomic mass is 10.3. The Morgan fingerprint density at radius 3 is 2.88 bits per heavy atom. The van der Waals surface area contributed by atoms with Crippen LogP contribution in [0.3, 0.4) is 0 Å². The van der Waals surface area contributed by atoms with E-state index in [2.05, 4.69) is 31.2 Å². The molecule has 2 aromatic rings. The maximum atomic E-state index is 13.0. The Bertz CT molecular complexity index is 536. The van der Waals surface area contributed by atoms with Gasteiger partial charge in [-0.25, -0.2) is 14.4 Å². The molecule has 0 aliphatic carbocycles. The fourth-order valence-corrected chi connectivity index (χ4v) is 1.53. The fraction of sp³-hybridized carbons (Fsp3) is 0.0909. The van der Waals surface area contributed by atoms with Gasteiger partial charge in [-0.3, -0.25) is 0 Å². The average molecular weight is 298 g/mol. The second-order valence-corrected chi connectivity index (χ2v) is 4.02. The summed E-state index contributed by atoms with van der Waals surface area (Å²) >= 11 is 3.27. The van der Waals surface area contributed by atoms with E-state index in [-0.39, 0.29) is 5.82 Å². The lowest BCUT2D eigenvalue weighted by molar-refractivity contribution is 0.454. The molecule has 1 aromatic heterocycles. The van der Waals surface area contributed by atoms with Crippen molar-refractivity contribution in [2.75, 3.05) is 12.4 Å². The lowest BCUT2D eigenvalue weighted by Crippen LogP contribution is -1.95. The molecule has 0 unspecified atom stereocenters. The Hall–Kier alpha value is -1.69. The first-order chi connectivity index (χ1) is 8.19. The molecule has 17 heavy (non-hydrogen) atoms. The number of aromatic nitrogens is 2. The first-order valence-corrected chi connectivity index (χ1v) is 5.61. The Morgan fingerprint density at radius 2 is 2.12 bits per heavy atom. The van der Waals surface area contributed by atoms with Crippen LogP contribution in [0.25, 0.3) is 0 Å². The molecule has 0 saturated heterocycles. The van der Waals surface area contributed by atoms with Gasteiger partial charge in [0.15, 0.2) is 0 Å². The van der Waals surface area contributed by atoms with Crippen molar-refractivity contribution in [1.82, 2.24) is 9.97 Å². The summed E-state index contributed by atoms with van der Waals surface area (Å²) in [5.74, 6) is 0.968. The number of hydrogen-bond acceptors (Lipinski definition) is 4. The maximum absolute atomic E-state index is 13.0. The smallest absolute Gasteiger partial charge is 0.224 e. The molecular weight excluding hydrogens is 289 g/mol. The number of nitrogens with zero attached hydrogens (tertiary/aromatic N) is 2. The van der Waals surface area contributed by atoms with Crippen LogP contribution in [0, 0.1) is 5.82 Å². The molecule has 0 aliphatic heterocycles. The number of benzene rings is 1. The van der Waals surface area contributed by atoms with Gasteiger partial charge in [-0.1, -0.05) is 0 Å². The summed E-state index contributed by atoms with van der Waals surface area (Å²) in [5.41, 5.74) is 0. The van der Waals surface area contributed by atoms with Gasteiger partial charge in [-0.2, -0.15) is 0 Å². The topological polar surface area (TPSA) is 47.0 Å². The van der Waals surface area contributed by atoms with Crippen molar-refractivity contribution in [2.45, 2.75) is 0 Å². The van der Waals surface area contributed by atoms with Crippen LogP contribution < -0.4 is 10.1 Å². The number of rotatable bonds is 3. The standard InChI is InChI=1S/C11H9BrFN3O/c1-14-10-5-11(16-6-15-10)17-9-4-7(13)2-3-8(9)12/h2-6H,1H3,(H,14,15,16). The number of nitrogens with one attached hydrogen (secondary N) is 1. The van der Waals surface area contributed by atoms with E-state index in [9.17, 15) is 4.39 Å². The molecule has 1 heterocycles. The third-order valence-corrected chi connectivity index (χ3v) is 2.66. The van der Waals surface area contributed by atoms with Crippen LogP contribution >= 0.6 is 15.9 Å². The molecule has 0 bridgehead atoms. The van der Waals surface area contributed by atoms with Gasteiger partial charge in [0.2, 0.25) is 5.88 Å². The first kappa shape index (κ1) is 11.8. The van der Waals surface area contributed by atoms with E-state index in [0.29, 0.717) is 21.9 Å². The summed E-state index contributed by atoms with van der Waals surface area (Å²) in [6, 6.07) is 5.82. The van der Waals surface area contributed by atoms with Gasteiger partial charge in [0, 0.05) is 19.2 Å². The summed E-state index contributed by atoms with van der Waals surface area (Å²) in [6.07, 6.45) is 1.37. The second kappa shape index (κ2) is 5.09. The molecule has 0 fully saturated rings. The molecule has 2 rings (SSSR count). The average Bonchev–Trinajstić information content (AvgIpc) is 2.34. The minimum atomic E-state index is -0.369. The number of hydrogen-bond donors (Lipinski definition) is 1. The zero-order valence-electron chi connectivity index (χ0n) is 8.95. The molecule has 1 aromatic carbocycles. The molecule has 0 spiro atoms. The Labute approximate surface area is 106 Å². The van der Waals surface area contributed by atoms with E-state index in [1.165, 1.54) is 18.5 Å². The Balaban J connectivity index is 2.27. The molecule has 0 atom stereocenters. The fourth-order valence-electron chi connectivity index (χ4n) is 1.20. The molecule has 0 radical (unpaired) electrons. The zero-order chi connectivity index (χ0) is 12.3. The van der Waals surface area contributed by atoms with Gasteiger partial charge in [0.1, 0.15) is 23.7 Å². The van der Waals surface area contributed by atoms with Crippen molar-refractivity contribution in [3.63, 3.8) is 0 Å². The van der Waals surface area contributed by atoms with Gasteiger partial charge in [-0.15, -0.1) is 0 Å². The Morgan fingerprint density at radius 1 is 1.29 bits per heavy atom. The van der Waals surface area contributed by atoms with Crippen LogP contribution in [-0.2, 0) is 0 Å². The monoisotopic (exact) mass is 297 g/mol. The molecule has 4 nitrogen and oxygen atoms in total. The summed E-state index contributed by atoms with van der Waals surface area (Å²) in [4.78, 5) is 7.89. The van der Waals surface area contributed by atoms with Gasteiger partial charge < -0.3 is 10.1 Å². The molecule has 1 N–H and O–H groups in total. The van der Waals surface area contributed by atoms with Crippen LogP contribution in [0.5, 0.6) is 11.6 Å². The van der Waals surface area contributed by atoms with E-state index < -0.39 is 0 Å². The Kier molecular flexibility index (Phi) is 3.53. The van der Waals surface area contributed by atoms with Crippen LogP contribution in [0.15, 0.2) is 35.1 Å². The zero-order valence-corrected chi connectivity index (χ0v) is 10.5. The predicted molar refractivity (Wildman–Crippen MR) is 65.8 cm³/mol. The van der Waals surface area contributed by atoms with Crippen molar-refractivity contribution >= 4 is 21.7 Å². The highest BCUT2D eigenvalue weighted by Crippen LogP contribution is 2.29. The lowest BCUT2D eigenvalue weighted by Gasteiger charge is -2.07. The largest absolute Gasteiger partial charge is 0.438 e. The quantitative estimate of drug-likeness (QED) is 0.945. The van der Waals surface area contributed by atoms with Gasteiger partial charge in [-0.05, 0) is 28.1 Å². The van der Waals surface area contributed by atoms with E-state index in [1.807, 2.05) is 0 Å². The van der Waals surface area contributed by atoms with Crippen molar-refractivity contribution < 1.29 is 9.13 Å². The molecule has 0 aliphatic rings. The van der Waals surface area contributed by atoms with Crippen LogP contribution in [0.4, 0.5) is 10.2 Å². The number of ether oxygens (including phenoxy) is 1. The summed E-state index contributed by atoms with van der Waals surface area (Å²) in [7, 11) is 1.74. The van der Waals surface area contributed by atoms with Crippen molar-refractivity contribution in [3.8, 4) is 11.6 Å². The van der Waals surface area contributed by atoms with Crippen LogP contribution in [0.1, 0.15) is 0 Å². The third-order valence-electron chi connectivity index (χ3n) is 2.01. The molecular formula is C11H9BrFN3O. The van der Waals surface area contributed by atoms with Crippen LogP contribution in [0.2, 0.25) is 0 Å². The third kappa shape index (κ3) is 2.91. The summed E-state index contributed by atoms with van der Waals surface area (Å²) < 4.78 is 19.2. The first-order valence-electron chi connectivity index (χ1n) is 4.82. The normalized spacial score (nSPS) is 10.1. The van der Waals surface area contributed by atoms with E-state index >= 15 is 0 Å². The van der Waals surface area contributed by atoms with Gasteiger partial charge in [0.25, 0.3) is 0 Å².